The number of hydrogen-bond acceptors (Lipinski definition) is 2. The Balaban J connectivity index is 1.64. The number of nitrogens with one attached hydrogen (secondary N) is 2. The quantitative estimate of drug-likeness (QED) is 0.606. The Kier molecular flexibility index (Phi) is 5.54. The summed E-state index contributed by atoms with van der Waals surface area (Å²) < 4.78 is 14.8. The molecule has 1 aromatic heterocycles. The van der Waals surface area contributed by atoms with Crippen LogP contribution in [0.5, 0.6) is 0 Å². The number of benzene rings is 2. The Labute approximate surface area is 162 Å². The topological polar surface area (TPSA) is 41.9 Å². The SMILES string of the molecule is Cc1ccc(C)c(NC(=S)Nc2ccn(Cc3ccc(F)cc3Cl)n2)c1. The van der Waals surface area contributed by atoms with Gasteiger partial charge in [0.05, 0.1) is 6.54 Å². The number of thiocarbonyl (C=S) groups is 1. The molecule has 0 amide bonds. The van der Waals surface area contributed by atoms with E-state index in [1.54, 1.807) is 10.7 Å². The second-order valence-corrected chi connectivity index (χ2v) is 6.85. The molecule has 3 aromatic rings. The highest BCUT2D eigenvalue weighted by Crippen LogP contribution is 2.19. The van der Waals surface area contributed by atoms with Crippen molar-refractivity contribution in [3.05, 3.63) is 76.2 Å². The van der Waals surface area contributed by atoms with Gasteiger partial charge in [-0.05, 0) is 61.0 Å². The van der Waals surface area contributed by atoms with Gasteiger partial charge in [0.2, 0.25) is 0 Å². The highest BCUT2D eigenvalue weighted by Gasteiger charge is 2.07. The summed E-state index contributed by atoms with van der Waals surface area (Å²) in [7, 11) is 0. The number of hydrogen-bond donors (Lipinski definition) is 2. The lowest BCUT2D eigenvalue weighted by molar-refractivity contribution is 0.624. The monoisotopic (exact) mass is 388 g/mol. The number of rotatable bonds is 4. The number of halogens is 2. The summed E-state index contributed by atoms with van der Waals surface area (Å²) in [5.74, 6) is 0.260. The maximum Gasteiger partial charge on any atom is 0.176 e. The minimum Gasteiger partial charge on any atom is -0.332 e. The Hall–Kier alpha value is -2.44. The van der Waals surface area contributed by atoms with Gasteiger partial charge in [-0.25, -0.2) is 4.39 Å². The summed E-state index contributed by atoms with van der Waals surface area (Å²) in [5.41, 5.74) is 4.01. The lowest BCUT2D eigenvalue weighted by Crippen LogP contribution is -2.20. The van der Waals surface area contributed by atoms with Gasteiger partial charge in [0.25, 0.3) is 0 Å². The van der Waals surface area contributed by atoms with Crippen LogP contribution in [0.1, 0.15) is 16.7 Å². The predicted octanol–water partition coefficient (Wildman–Crippen LogP) is 5.15. The lowest BCUT2D eigenvalue weighted by Gasteiger charge is -2.12. The van der Waals surface area contributed by atoms with Crippen LogP contribution in [0.3, 0.4) is 0 Å². The molecule has 0 aliphatic carbocycles. The van der Waals surface area contributed by atoms with E-state index in [2.05, 4.69) is 21.8 Å². The van der Waals surface area contributed by atoms with E-state index < -0.39 is 0 Å². The van der Waals surface area contributed by atoms with E-state index in [0.29, 0.717) is 22.5 Å². The fourth-order valence-electron chi connectivity index (χ4n) is 2.48. The van der Waals surface area contributed by atoms with Crippen LogP contribution in [0, 0.1) is 19.7 Å². The largest absolute Gasteiger partial charge is 0.332 e. The molecular formula is C19H18ClFN4S. The molecule has 0 bridgehead atoms. The fourth-order valence-corrected chi connectivity index (χ4v) is 2.92. The third-order valence-corrected chi connectivity index (χ3v) is 4.43. The summed E-state index contributed by atoms with van der Waals surface area (Å²) in [4.78, 5) is 0. The summed E-state index contributed by atoms with van der Waals surface area (Å²) >= 11 is 11.4. The Morgan fingerprint density at radius 3 is 2.73 bits per heavy atom. The molecule has 0 fully saturated rings. The number of aromatic nitrogens is 2. The first-order valence-electron chi connectivity index (χ1n) is 8.03. The molecule has 2 aromatic carbocycles. The highest BCUT2D eigenvalue weighted by molar-refractivity contribution is 7.80. The van der Waals surface area contributed by atoms with Gasteiger partial charge in [0, 0.05) is 23.0 Å². The third-order valence-electron chi connectivity index (χ3n) is 3.87. The molecule has 2 N–H and O–H groups in total. The van der Waals surface area contributed by atoms with Crippen molar-refractivity contribution < 1.29 is 4.39 Å². The summed E-state index contributed by atoms with van der Waals surface area (Å²) in [5, 5.41) is 11.5. The normalized spacial score (nSPS) is 10.6. The Morgan fingerprint density at radius 2 is 1.96 bits per heavy atom. The minimum absolute atomic E-state index is 0.357. The van der Waals surface area contributed by atoms with Crippen LogP contribution in [0.4, 0.5) is 15.9 Å². The summed E-state index contributed by atoms with van der Waals surface area (Å²) in [6, 6.07) is 12.3. The second-order valence-electron chi connectivity index (χ2n) is 6.03. The van der Waals surface area contributed by atoms with Crippen LogP contribution < -0.4 is 10.6 Å². The number of nitrogens with zero attached hydrogens (tertiary/aromatic N) is 2. The van der Waals surface area contributed by atoms with Crippen molar-refractivity contribution in [2.24, 2.45) is 0 Å². The smallest absolute Gasteiger partial charge is 0.176 e. The number of aryl methyl sites for hydroxylation is 2. The van der Waals surface area contributed by atoms with Gasteiger partial charge in [-0.15, -0.1) is 0 Å². The van der Waals surface area contributed by atoms with Crippen molar-refractivity contribution >= 4 is 40.4 Å². The molecule has 0 unspecified atom stereocenters. The Morgan fingerprint density at radius 1 is 1.15 bits per heavy atom. The molecule has 0 aliphatic rings. The molecule has 0 radical (unpaired) electrons. The van der Waals surface area contributed by atoms with E-state index in [1.165, 1.54) is 12.1 Å². The van der Waals surface area contributed by atoms with Crippen molar-refractivity contribution in [3.63, 3.8) is 0 Å². The van der Waals surface area contributed by atoms with Crippen LogP contribution in [0.2, 0.25) is 5.02 Å². The van der Waals surface area contributed by atoms with Gasteiger partial charge >= 0.3 is 0 Å². The molecule has 0 aliphatic heterocycles. The van der Waals surface area contributed by atoms with Gasteiger partial charge < -0.3 is 10.6 Å². The standard InChI is InChI=1S/C19H18ClFN4S/c1-12-3-4-13(2)17(9-12)22-19(26)23-18-7-8-25(24-18)11-14-5-6-15(21)10-16(14)20/h3-10H,11H2,1-2H3,(H2,22,23,24,26). The molecule has 7 heteroatoms. The third kappa shape index (κ3) is 4.59. The van der Waals surface area contributed by atoms with Gasteiger partial charge in [-0.2, -0.15) is 5.10 Å². The zero-order valence-electron chi connectivity index (χ0n) is 14.4. The molecule has 0 saturated heterocycles. The molecule has 134 valence electrons. The van der Waals surface area contributed by atoms with Crippen molar-refractivity contribution in [2.45, 2.75) is 20.4 Å². The summed E-state index contributed by atoms with van der Waals surface area (Å²) in [6.07, 6.45) is 1.81. The van der Waals surface area contributed by atoms with E-state index in [0.717, 1.165) is 22.4 Å². The van der Waals surface area contributed by atoms with Crippen molar-refractivity contribution in [2.75, 3.05) is 10.6 Å². The molecule has 0 atom stereocenters. The van der Waals surface area contributed by atoms with E-state index in [1.807, 2.05) is 38.2 Å². The maximum absolute atomic E-state index is 13.1. The van der Waals surface area contributed by atoms with Crippen LogP contribution >= 0.6 is 23.8 Å². The van der Waals surface area contributed by atoms with E-state index in [9.17, 15) is 4.39 Å². The van der Waals surface area contributed by atoms with Crippen molar-refractivity contribution in [1.82, 2.24) is 9.78 Å². The van der Waals surface area contributed by atoms with Crippen molar-refractivity contribution in [3.8, 4) is 0 Å². The van der Waals surface area contributed by atoms with Crippen molar-refractivity contribution in [1.29, 1.82) is 0 Å². The van der Waals surface area contributed by atoms with Crippen LogP contribution in [0.15, 0.2) is 48.7 Å². The molecule has 26 heavy (non-hydrogen) atoms. The van der Waals surface area contributed by atoms with Gasteiger partial charge in [-0.3, -0.25) is 4.68 Å². The van der Waals surface area contributed by atoms with Gasteiger partial charge in [-0.1, -0.05) is 29.8 Å². The van der Waals surface area contributed by atoms with Crippen LogP contribution in [-0.4, -0.2) is 14.9 Å². The lowest BCUT2D eigenvalue weighted by atomic mass is 10.1. The van der Waals surface area contributed by atoms with Gasteiger partial charge in [0.15, 0.2) is 10.9 Å². The number of anilines is 2. The average Bonchev–Trinajstić information content (AvgIpc) is 3.00. The van der Waals surface area contributed by atoms with Crippen LogP contribution in [0.25, 0.3) is 0 Å². The molecular weight excluding hydrogens is 371 g/mol. The Bertz CT molecular complexity index is 954. The zero-order valence-corrected chi connectivity index (χ0v) is 16.0. The first-order chi connectivity index (χ1) is 12.4. The maximum atomic E-state index is 13.1. The average molecular weight is 389 g/mol. The molecule has 3 rings (SSSR count). The minimum atomic E-state index is -0.357. The van der Waals surface area contributed by atoms with E-state index in [-0.39, 0.29) is 5.82 Å². The molecule has 0 saturated carbocycles. The summed E-state index contributed by atoms with van der Waals surface area (Å²) in [6.45, 7) is 4.49. The van der Waals surface area contributed by atoms with Crippen LogP contribution in [-0.2, 0) is 6.54 Å². The second kappa shape index (κ2) is 7.85. The molecule has 1 heterocycles. The first kappa shape index (κ1) is 18.4. The van der Waals surface area contributed by atoms with Gasteiger partial charge in [0.1, 0.15) is 5.82 Å². The first-order valence-corrected chi connectivity index (χ1v) is 8.82. The highest BCUT2D eigenvalue weighted by atomic mass is 35.5. The van der Waals surface area contributed by atoms with E-state index in [4.69, 9.17) is 23.8 Å². The molecule has 4 nitrogen and oxygen atoms in total. The van der Waals surface area contributed by atoms with E-state index >= 15 is 0 Å². The fraction of sp³-hybridized carbons (Fsp3) is 0.158. The zero-order chi connectivity index (χ0) is 18.7. The molecule has 0 spiro atoms. The predicted molar refractivity (Wildman–Crippen MR) is 108 cm³/mol.